The van der Waals surface area contributed by atoms with Crippen LogP contribution in [0, 0.1) is 4.77 Å². The van der Waals surface area contributed by atoms with Crippen LogP contribution in [0.5, 0.6) is 11.5 Å². The van der Waals surface area contributed by atoms with Gasteiger partial charge in [0.2, 0.25) is 5.91 Å². The maximum absolute atomic E-state index is 12.4. The second kappa shape index (κ2) is 7.30. The number of ether oxygens (including phenoxy) is 2. The molecule has 0 spiro atoms. The minimum atomic E-state index is -0.233. The van der Waals surface area contributed by atoms with E-state index in [9.17, 15) is 4.79 Å². The molecule has 0 unspecified atom stereocenters. The summed E-state index contributed by atoms with van der Waals surface area (Å²) in [7, 11) is 0. The van der Waals surface area contributed by atoms with Crippen molar-refractivity contribution in [3.05, 3.63) is 46.5 Å². The van der Waals surface area contributed by atoms with E-state index >= 15 is 0 Å². The predicted molar refractivity (Wildman–Crippen MR) is 100 cm³/mol. The van der Waals surface area contributed by atoms with Crippen LogP contribution in [0.1, 0.15) is 0 Å². The first-order chi connectivity index (χ1) is 12.7. The van der Waals surface area contributed by atoms with Crippen LogP contribution in [-0.4, -0.2) is 39.9 Å². The van der Waals surface area contributed by atoms with E-state index in [4.69, 9.17) is 21.7 Å². The number of nitrogens with zero attached hydrogens (tertiary/aromatic N) is 2. The van der Waals surface area contributed by atoms with Gasteiger partial charge in [-0.15, -0.1) is 11.3 Å². The van der Waals surface area contributed by atoms with Gasteiger partial charge in [-0.3, -0.25) is 14.5 Å². The molecule has 1 aliphatic rings. The Kier molecular flexibility index (Phi) is 4.72. The molecule has 9 heteroatoms. The van der Waals surface area contributed by atoms with E-state index in [-0.39, 0.29) is 18.6 Å². The molecular formula is C17H16N4O3S2. The zero-order valence-corrected chi connectivity index (χ0v) is 15.3. The zero-order valence-electron chi connectivity index (χ0n) is 13.7. The highest BCUT2D eigenvalue weighted by atomic mass is 32.1. The van der Waals surface area contributed by atoms with E-state index in [2.05, 4.69) is 15.5 Å². The van der Waals surface area contributed by atoms with Crippen molar-refractivity contribution in [2.45, 2.75) is 12.6 Å². The highest BCUT2D eigenvalue weighted by Crippen LogP contribution is 2.30. The van der Waals surface area contributed by atoms with E-state index in [0.717, 1.165) is 10.6 Å². The van der Waals surface area contributed by atoms with Gasteiger partial charge >= 0.3 is 0 Å². The fourth-order valence-corrected chi connectivity index (χ4v) is 3.57. The smallest absolute Gasteiger partial charge is 0.240 e. The molecule has 1 atom stereocenters. The molecule has 1 amide bonds. The Morgan fingerprint density at radius 2 is 2.19 bits per heavy atom. The van der Waals surface area contributed by atoms with Gasteiger partial charge in [-0.2, -0.15) is 5.10 Å². The molecular weight excluding hydrogens is 372 g/mol. The van der Waals surface area contributed by atoms with Gasteiger partial charge in [-0.1, -0.05) is 18.2 Å². The highest BCUT2D eigenvalue weighted by molar-refractivity contribution is 7.71. The fraction of sp³-hybridized carbons (Fsp3) is 0.235. The van der Waals surface area contributed by atoms with Crippen LogP contribution in [0.2, 0.25) is 0 Å². The van der Waals surface area contributed by atoms with Crippen molar-refractivity contribution in [3.8, 4) is 22.2 Å². The van der Waals surface area contributed by atoms with Gasteiger partial charge in [0.1, 0.15) is 19.3 Å². The summed E-state index contributed by atoms with van der Waals surface area (Å²) in [5.74, 6) is 1.91. The maximum Gasteiger partial charge on any atom is 0.240 e. The fourth-order valence-electron chi connectivity index (χ4n) is 2.65. The maximum atomic E-state index is 12.4. The molecule has 0 saturated carbocycles. The molecule has 2 aromatic heterocycles. The number of fused-ring (bicyclic) bond motifs is 1. The molecule has 1 aromatic carbocycles. The van der Waals surface area contributed by atoms with Crippen molar-refractivity contribution in [3.63, 3.8) is 0 Å². The van der Waals surface area contributed by atoms with Crippen LogP contribution in [0.4, 0.5) is 0 Å². The van der Waals surface area contributed by atoms with Crippen molar-refractivity contribution < 1.29 is 14.3 Å². The van der Waals surface area contributed by atoms with Gasteiger partial charge in [-0.05, 0) is 35.8 Å². The monoisotopic (exact) mass is 388 g/mol. The van der Waals surface area contributed by atoms with Crippen LogP contribution in [-0.2, 0) is 11.3 Å². The van der Waals surface area contributed by atoms with E-state index in [0.29, 0.717) is 29.5 Å². The van der Waals surface area contributed by atoms with Gasteiger partial charge in [0, 0.05) is 0 Å². The number of nitrogens with one attached hydrogen (secondary N) is 2. The lowest BCUT2D eigenvalue weighted by Crippen LogP contribution is -2.41. The number of thiophene rings is 1. The van der Waals surface area contributed by atoms with Crippen LogP contribution in [0.15, 0.2) is 41.8 Å². The van der Waals surface area contributed by atoms with Gasteiger partial charge in [0.15, 0.2) is 22.1 Å². The second-order valence-electron chi connectivity index (χ2n) is 5.72. The molecule has 0 fully saturated rings. The Morgan fingerprint density at radius 1 is 1.35 bits per heavy atom. The second-order valence-corrected chi connectivity index (χ2v) is 7.05. The largest absolute Gasteiger partial charge is 0.486 e. The molecule has 26 heavy (non-hydrogen) atoms. The number of amides is 1. The molecule has 0 saturated heterocycles. The normalized spacial score (nSPS) is 15.6. The van der Waals surface area contributed by atoms with Gasteiger partial charge in [0.05, 0.1) is 11.4 Å². The number of aromatic nitrogens is 3. The quantitative estimate of drug-likeness (QED) is 0.657. The van der Waals surface area contributed by atoms with Crippen LogP contribution < -0.4 is 14.8 Å². The average Bonchev–Trinajstić information content (AvgIpc) is 3.30. The predicted octanol–water partition coefficient (Wildman–Crippen LogP) is 2.63. The summed E-state index contributed by atoms with van der Waals surface area (Å²) < 4.78 is 13.6. The Hall–Kier alpha value is -2.65. The molecule has 4 rings (SSSR count). The summed E-state index contributed by atoms with van der Waals surface area (Å²) in [6.45, 7) is 0.836. The van der Waals surface area contributed by atoms with Crippen molar-refractivity contribution in [2.24, 2.45) is 0 Å². The lowest BCUT2D eigenvalue weighted by atomic mass is 10.2. The van der Waals surface area contributed by atoms with E-state index in [1.165, 1.54) is 0 Å². The molecule has 3 heterocycles. The van der Waals surface area contributed by atoms with Crippen LogP contribution >= 0.6 is 23.6 Å². The SMILES string of the molecule is O=C(Cn1c(-c2cccs2)n[nH]c1=S)NC[C@H]1COc2ccccc2O1. The first-order valence-corrected chi connectivity index (χ1v) is 9.34. The number of rotatable bonds is 5. The molecule has 0 radical (unpaired) electrons. The standard InChI is InChI=1S/C17H16N4O3S2/c22-15(9-21-16(19-20-17(21)25)14-6-3-7-26-14)18-8-11-10-23-12-4-1-2-5-13(12)24-11/h1-7,11H,8-10H2,(H,18,22)(H,20,25)/t11-/m0/s1. The number of aromatic amines is 1. The van der Waals surface area contributed by atoms with Gasteiger partial charge < -0.3 is 14.8 Å². The molecule has 0 aliphatic carbocycles. The number of benzene rings is 1. The minimum Gasteiger partial charge on any atom is -0.486 e. The summed E-state index contributed by atoms with van der Waals surface area (Å²) in [5, 5.41) is 11.8. The molecule has 3 aromatic rings. The summed E-state index contributed by atoms with van der Waals surface area (Å²) in [4.78, 5) is 13.3. The van der Waals surface area contributed by atoms with Crippen molar-refractivity contribution >= 4 is 29.5 Å². The minimum absolute atomic E-state index is 0.0900. The van der Waals surface area contributed by atoms with Crippen molar-refractivity contribution in [1.29, 1.82) is 0 Å². The van der Waals surface area contributed by atoms with Crippen molar-refractivity contribution in [2.75, 3.05) is 13.2 Å². The average molecular weight is 388 g/mol. The third-order valence-corrected chi connectivity index (χ3v) is 5.07. The summed E-state index contributed by atoms with van der Waals surface area (Å²) in [6, 6.07) is 11.4. The molecule has 0 bridgehead atoms. The summed E-state index contributed by atoms with van der Waals surface area (Å²) in [6.07, 6.45) is -0.233. The Labute approximate surface area is 158 Å². The number of carbonyl (C=O) groups is 1. The molecule has 1 aliphatic heterocycles. The lowest BCUT2D eigenvalue weighted by Gasteiger charge is -2.26. The molecule has 134 valence electrons. The van der Waals surface area contributed by atoms with E-state index in [1.807, 2.05) is 41.8 Å². The zero-order chi connectivity index (χ0) is 17.9. The van der Waals surface area contributed by atoms with Gasteiger partial charge in [0.25, 0.3) is 0 Å². The summed E-state index contributed by atoms with van der Waals surface area (Å²) >= 11 is 6.79. The third-order valence-electron chi connectivity index (χ3n) is 3.90. The van der Waals surface area contributed by atoms with Crippen LogP contribution in [0.3, 0.4) is 0 Å². The Morgan fingerprint density at radius 3 is 3.00 bits per heavy atom. The first-order valence-electron chi connectivity index (χ1n) is 8.05. The topological polar surface area (TPSA) is 81.2 Å². The number of carbonyl (C=O) groups excluding carboxylic acids is 1. The molecule has 2 N–H and O–H groups in total. The number of hydrogen-bond acceptors (Lipinski definition) is 6. The Bertz CT molecular complexity index is 965. The first kappa shape index (κ1) is 16.8. The number of para-hydroxylation sites is 2. The number of hydrogen-bond donors (Lipinski definition) is 2. The molecule has 7 nitrogen and oxygen atoms in total. The van der Waals surface area contributed by atoms with E-state index in [1.54, 1.807) is 15.9 Å². The van der Waals surface area contributed by atoms with Crippen LogP contribution in [0.25, 0.3) is 10.7 Å². The highest BCUT2D eigenvalue weighted by Gasteiger charge is 2.21. The third kappa shape index (κ3) is 3.49. The lowest BCUT2D eigenvalue weighted by molar-refractivity contribution is -0.122. The number of H-pyrrole nitrogens is 1. The Balaban J connectivity index is 1.37. The summed E-state index contributed by atoms with van der Waals surface area (Å²) in [5.41, 5.74) is 0. The van der Waals surface area contributed by atoms with Gasteiger partial charge in [-0.25, -0.2) is 0 Å². The van der Waals surface area contributed by atoms with E-state index < -0.39 is 0 Å². The van der Waals surface area contributed by atoms with Crippen molar-refractivity contribution in [1.82, 2.24) is 20.1 Å².